The fourth-order valence-corrected chi connectivity index (χ4v) is 3.80. The summed E-state index contributed by atoms with van der Waals surface area (Å²) in [4.78, 5) is 48.6. The summed E-state index contributed by atoms with van der Waals surface area (Å²) in [5.74, 6) is -0.994. The summed E-state index contributed by atoms with van der Waals surface area (Å²) >= 11 is 4.98. The van der Waals surface area contributed by atoms with Crippen molar-refractivity contribution >= 4 is 36.3 Å². The van der Waals surface area contributed by atoms with E-state index in [9.17, 15) is 19.2 Å². The molecule has 0 aromatic carbocycles. The van der Waals surface area contributed by atoms with E-state index < -0.39 is 5.25 Å². The smallest absolute Gasteiger partial charge is 0.779 e. The largest absolute Gasteiger partial charge is 1.00 e. The zero-order chi connectivity index (χ0) is 27.0. The van der Waals surface area contributed by atoms with Crippen molar-refractivity contribution < 1.29 is 91.6 Å². The number of amides is 3. The van der Waals surface area contributed by atoms with Crippen LogP contribution in [0.15, 0.2) is 30.1 Å². The third-order valence-electron chi connectivity index (χ3n) is 5.63. The number of aryl methyl sites for hydroxylation is 1. The third-order valence-corrected chi connectivity index (χ3v) is 6.00. The maximum atomic E-state index is 11.9. The topological polar surface area (TPSA) is 128 Å². The Balaban J connectivity index is 0.00000722. The summed E-state index contributed by atoms with van der Waals surface area (Å²) in [5.41, 5.74) is 1.41. The molecule has 1 aliphatic heterocycles. The van der Waals surface area contributed by atoms with Crippen molar-refractivity contribution in [3.8, 4) is 0 Å². The quantitative estimate of drug-likeness (QED) is 0.0802. The number of nitrogens with one attached hydrogen (secondary N) is 2. The Morgan fingerprint density at radius 3 is 2.45 bits per heavy atom. The molecule has 1 unspecified atom stereocenters. The summed E-state index contributed by atoms with van der Waals surface area (Å²) in [6, 6.07) is 3.46. The first-order valence-electron chi connectivity index (χ1n) is 12.4. The Morgan fingerprint density at radius 1 is 1.08 bits per heavy atom. The molecule has 1 fully saturated rings. The number of carbonyl (C=O) groups excluding carboxylic acids is 4. The maximum absolute atomic E-state index is 11.9. The molecule has 0 bridgehead atoms. The van der Waals surface area contributed by atoms with Gasteiger partial charge in [-0.2, -0.15) is 0 Å². The normalized spacial score (nSPS) is 15.4. The number of rotatable bonds is 18. The van der Waals surface area contributed by atoms with Crippen LogP contribution in [0.2, 0.25) is 0 Å². The van der Waals surface area contributed by atoms with Crippen LogP contribution in [0, 0.1) is 0 Å². The van der Waals surface area contributed by atoms with Gasteiger partial charge >= 0.3 is 64.2 Å². The fraction of sp³-hybridized carbons (Fsp3) is 0.600. The summed E-state index contributed by atoms with van der Waals surface area (Å²) in [7, 11) is 1.77. The van der Waals surface area contributed by atoms with Gasteiger partial charge < -0.3 is 42.0 Å². The van der Waals surface area contributed by atoms with Crippen LogP contribution in [0.25, 0.3) is 0 Å². The molecule has 38 heavy (non-hydrogen) atoms. The number of imide groups is 1. The standard InChI is InChI=1S/C25H38N4O7S.Rb/c1-3-19(7-12-29-23(31)18-21(37)24(29)32)26-10-15-35-17-16-34-14-8-22(30)27-9-5-13-36-25(33)20-6-4-11-28(20)2;/h3-4,6,11,21,26,37H,5,7-10,12-18H2,1-2H3,(H,27,30);/q;+1/p-1/b19-3+;. The van der Waals surface area contributed by atoms with E-state index in [1.54, 1.807) is 29.9 Å². The number of aromatic nitrogens is 1. The Hall–Kier alpha value is -1.02. The number of likely N-dealkylation sites (tertiary alicyclic amines) is 1. The van der Waals surface area contributed by atoms with E-state index in [0.29, 0.717) is 58.0 Å². The minimum Gasteiger partial charge on any atom is -0.779 e. The summed E-state index contributed by atoms with van der Waals surface area (Å²) in [5, 5.41) is 5.36. The number of hydrogen-bond acceptors (Lipinski definition) is 9. The predicted molar refractivity (Wildman–Crippen MR) is 138 cm³/mol. The summed E-state index contributed by atoms with van der Waals surface area (Å²) in [6.45, 7) is 4.97. The molecule has 2 rings (SSSR count). The second-order valence-corrected chi connectivity index (χ2v) is 8.95. The average Bonchev–Trinajstić information content (AvgIpc) is 3.41. The number of carbonyl (C=O) groups is 4. The van der Waals surface area contributed by atoms with Gasteiger partial charge in [-0.1, -0.05) is 11.3 Å². The van der Waals surface area contributed by atoms with E-state index in [2.05, 4.69) is 10.6 Å². The molecule has 2 heterocycles. The van der Waals surface area contributed by atoms with Gasteiger partial charge in [-0.25, -0.2) is 4.79 Å². The molecule has 1 aromatic rings. The summed E-state index contributed by atoms with van der Waals surface area (Å²) < 4.78 is 17.8. The van der Waals surface area contributed by atoms with Crippen molar-refractivity contribution in [3.63, 3.8) is 0 Å². The van der Waals surface area contributed by atoms with E-state index in [0.717, 1.165) is 5.70 Å². The van der Waals surface area contributed by atoms with Crippen molar-refractivity contribution in [2.75, 3.05) is 52.7 Å². The van der Waals surface area contributed by atoms with Crippen LogP contribution in [0.3, 0.4) is 0 Å². The number of hydrogen-bond donors (Lipinski definition) is 2. The van der Waals surface area contributed by atoms with Crippen LogP contribution in [0.1, 0.15) is 43.1 Å². The van der Waals surface area contributed by atoms with Crippen LogP contribution in [-0.4, -0.2) is 91.1 Å². The molecule has 0 spiro atoms. The zero-order valence-electron chi connectivity index (χ0n) is 22.5. The predicted octanol–water partition coefficient (Wildman–Crippen LogP) is -2.33. The molecular formula is C25H37N4O7RbS. The molecule has 2 N–H and O–H groups in total. The van der Waals surface area contributed by atoms with E-state index >= 15 is 0 Å². The molecule has 13 heteroatoms. The first-order chi connectivity index (χ1) is 17.8. The van der Waals surface area contributed by atoms with Gasteiger partial charge in [0.05, 0.1) is 33.0 Å². The number of allylic oxidation sites excluding steroid dienone is 1. The van der Waals surface area contributed by atoms with E-state index in [1.807, 2.05) is 13.0 Å². The average molecular weight is 623 g/mol. The van der Waals surface area contributed by atoms with Crippen molar-refractivity contribution in [2.24, 2.45) is 7.05 Å². The molecule has 1 atom stereocenters. The molecule has 1 aliphatic rings. The van der Waals surface area contributed by atoms with Gasteiger partial charge in [0.1, 0.15) is 5.69 Å². The van der Waals surface area contributed by atoms with Gasteiger partial charge in [-0.3, -0.25) is 19.3 Å². The second-order valence-electron chi connectivity index (χ2n) is 8.39. The van der Waals surface area contributed by atoms with Gasteiger partial charge in [0.25, 0.3) is 0 Å². The Morgan fingerprint density at radius 2 is 1.82 bits per heavy atom. The van der Waals surface area contributed by atoms with Crippen molar-refractivity contribution in [2.45, 2.75) is 37.9 Å². The SMILES string of the molecule is C/C=C(\CCN1C(=O)CC([S-])C1=O)NCCOCCOCCC(=O)NCCCOC(=O)c1cccn1C.[Rb+]. The maximum Gasteiger partial charge on any atom is 1.00 e. The zero-order valence-corrected chi connectivity index (χ0v) is 28.3. The molecular weight excluding hydrogens is 586 g/mol. The molecule has 206 valence electrons. The third kappa shape index (κ3) is 12.9. The molecule has 0 saturated carbocycles. The van der Waals surface area contributed by atoms with E-state index in [4.69, 9.17) is 26.8 Å². The molecule has 11 nitrogen and oxygen atoms in total. The van der Waals surface area contributed by atoms with Gasteiger partial charge in [-0.15, -0.1) is 0 Å². The van der Waals surface area contributed by atoms with Crippen molar-refractivity contribution in [1.29, 1.82) is 0 Å². The van der Waals surface area contributed by atoms with Crippen LogP contribution in [-0.2, 0) is 48.3 Å². The first-order valence-corrected chi connectivity index (χ1v) is 12.9. The molecule has 1 saturated heterocycles. The minimum atomic E-state index is -0.636. The van der Waals surface area contributed by atoms with Gasteiger partial charge in [0, 0.05) is 57.8 Å². The Labute approximate surface area is 278 Å². The van der Waals surface area contributed by atoms with Gasteiger partial charge in [0.15, 0.2) is 0 Å². The number of esters is 1. The number of ether oxygens (including phenoxy) is 3. The van der Waals surface area contributed by atoms with Crippen LogP contribution in [0.4, 0.5) is 0 Å². The molecule has 1 aromatic heterocycles. The second kappa shape index (κ2) is 19.9. The van der Waals surface area contributed by atoms with Crippen molar-refractivity contribution in [1.82, 2.24) is 20.1 Å². The van der Waals surface area contributed by atoms with Gasteiger partial charge in [-0.05, 0) is 25.5 Å². The van der Waals surface area contributed by atoms with E-state index in [1.165, 1.54) is 4.90 Å². The van der Waals surface area contributed by atoms with Crippen LogP contribution >= 0.6 is 0 Å². The molecule has 0 aliphatic carbocycles. The van der Waals surface area contributed by atoms with Gasteiger partial charge in [0.2, 0.25) is 17.7 Å². The molecule has 3 amide bonds. The Bertz CT molecular complexity index is 941. The monoisotopic (exact) mass is 622 g/mol. The molecule has 0 radical (unpaired) electrons. The van der Waals surface area contributed by atoms with E-state index in [-0.39, 0.29) is 108 Å². The number of nitrogens with zero attached hydrogens (tertiary/aromatic N) is 2. The Kier molecular flexibility index (Phi) is 18.4. The first kappa shape index (κ1) is 35.0. The summed E-state index contributed by atoms with van der Waals surface area (Å²) in [6.07, 6.45) is 5.10. The van der Waals surface area contributed by atoms with Crippen LogP contribution in [0.5, 0.6) is 0 Å². The fourth-order valence-electron chi connectivity index (χ4n) is 3.53. The van der Waals surface area contributed by atoms with Crippen LogP contribution < -0.4 is 68.8 Å². The van der Waals surface area contributed by atoms with Crippen molar-refractivity contribution in [3.05, 3.63) is 35.8 Å². The minimum absolute atomic E-state index is 0.